The van der Waals surface area contributed by atoms with Crippen molar-refractivity contribution in [1.82, 2.24) is 9.88 Å². The highest BCUT2D eigenvalue weighted by Crippen LogP contribution is 2.36. The molecule has 0 atom stereocenters. The van der Waals surface area contributed by atoms with Gasteiger partial charge in [-0.05, 0) is 56.7 Å². The lowest BCUT2D eigenvalue weighted by atomic mass is 10.0. The number of furan rings is 1. The second-order valence-electron chi connectivity index (χ2n) is 6.39. The molecule has 4 heteroatoms. The summed E-state index contributed by atoms with van der Waals surface area (Å²) in [4.78, 5) is 6.35. The number of ether oxygens (including phenoxy) is 1. The molecule has 4 rings (SSSR count). The van der Waals surface area contributed by atoms with Crippen molar-refractivity contribution >= 4 is 32.7 Å². The van der Waals surface area contributed by atoms with Gasteiger partial charge in [-0.2, -0.15) is 0 Å². The normalized spacial score (nSPS) is 11.8. The number of hydrogen-bond donors (Lipinski definition) is 0. The maximum atomic E-state index is 6.10. The van der Waals surface area contributed by atoms with Gasteiger partial charge in [0.05, 0.1) is 0 Å². The lowest BCUT2D eigenvalue weighted by Crippen LogP contribution is -2.19. The molecule has 0 saturated carbocycles. The quantitative estimate of drug-likeness (QED) is 0.559. The molecule has 0 bridgehead atoms. The van der Waals surface area contributed by atoms with E-state index in [1.807, 2.05) is 44.7 Å². The van der Waals surface area contributed by atoms with Crippen molar-refractivity contribution in [3.05, 3.63) is 48.3 Å². The van der Waals surface area contributed by atoms with Gasteiger partial charge in [0.2, 0.25) is 0 Å². The first-order valence-corrected chi connectivity index (χ1v) is 8.10. The van der Waals surface area contributed by atoms with Gasteiger partial charge in [0.25, 0.3) is 0 Å². The van der Waals surface area contributed by atoms with Crippen LogP contribution in [0.5, 0.6) is 5.75 Å². The summed E-state index contributed by atoms with van der Waals surface area (Å²) in [6, 6.07) is 10.2. The van der Waals surface area contributed by atoms with Crippen molar-refractivity contribution in [1.29, 1.82) is 0 Å². The van der Waals surface area contributed by atoms with Gasteiger partial charge >= 0.3 is 0 Å². The summed E-state index contributed by atoms with van der Waals surface area (Å²) < 4.78 is 12.0. The van der Waals surface area contributed by atoms with Crippen LogP contribution in [0.2, 0.25) is 0 Å². The molecule has 0 spiro atoms. The Labute approximate surface area is 140 Å². The Morgan fingerprint density at radius 3 is 2.79 bits per heavy atom. The van der Waals surface area contributed by atoms with Gasteiger partial charge in [-0.1, -0.05) is 0 Å². The average molecular weight is 320 g/mol. The lowest BCUT2D eigenvalue weighted by molar-refractivity contribution is 0.261. The fraction of sp³-hybridized carbons (Fsp3) is 0.250. The van der Waals surface area contributed by atoms with Gasteiger partial charge in [0.15, 0.2) is 0 Å². The van der Waals surface area contributed by atoms with Crippen LogP contribution in [0.25, 0.3) is 32.7 Å². The topological polar surface area (TPSA) is 38.5 Å². The first-order chi connectivity index (χ1) is 11.6. The zero-order valence-corrected chi connectivity index (χ0v) is 14.2. The number of nitrogens with zero attached hydrogens (tertiary/aromatic N) is 2. The minimum Gasteiger partial charge on any atom is -0.492 e. The van der Waals surface area contributed by atoms with Crippen LogP contribution in [-0.2, 0) is 0 Å². The number of aromatic nitrogens is 1. The van der Waals surface area contributed by atoms with Crippen LogP contribution < -0.4 is 4.74 Å². The van der Waals surface area contributed by atoms with Crippen LogP contribution in [0.4, 0.5) is 0 Å². The third-order valence-electron chi connectivity index (χ3n) is 4.40. The average Bonchev–Trinajstić information content (AvgIpc) is 2.93. The van der Waals surface area contributed by atoms with Crippen LogP contribution in [0.3, 0.4) is 0 Å². The SMILES string of the molecule is Cc1c2ccncc2cc2c1oc1ccc(OCCN(C)C)cc12. The molecule has 2 heterocycles. The molecule has 4 aromatic rings. The summed E-state index contributed by atoms with van der Waals surface area (Å²) in [5.74, 6) is 0.871. The first kappa shape index (κ1) is 15.0. The molecule has 0 saturated heterocycles. The second-order valence-corrected chi connectivity index (χ2v) is 6.39. The van der Waals surface area contributed by atoms with E-state index in [1.54, 1.807) is 0 Å². The lowest BCUT2D eigenvalue weighted by Gasteiger charge is -2.10. The fourth-order valence-corrected chi connectivity index (χ4v) is 3.09. The molecule has 2 aromatic carbocycles. The Kier molecular flexibility index (Phi) is 3.62. The van der Waals surface area contributed by atoms with Crippen LogP contribution in [0.1, 0.15) is 5.56 Å². The standard InChI is InChI=1S/C20H20N2O2/c1-13-16-6-7-21-12-14(16)10-18-17-11-15(23-9-8-22(2)3)4-5-19(17)24-20(13)18/h4-7,10-12H,8-9H2,1-3H3. The number of fused-ring (bicyclic) bond motifs is 4. The third kappa shape index (κ3) is 2.49. The highest BCUT2D eigenvalue weighted by molar-refractivity contribution is 6.12. The molecule has 0 radical (unpaired) electrons. The monoisotopic (exact) mass is 320 g/mol. The van der Waals surface area contributed by atoms with E-state index < -0.39 is 0 Å². The van der Waals surface area contributed by atoms with Crippen LogP contribution in [0, 0.1) is 6.92 Å². The zero-order chi connectivity index (χ0) is 16.7. The Morgan fingerprint density at radius 2 is 1.96 bits per heavy atom. The van der Waals surface area contributed by atoms with Gasteiger partial charge in [-0.3, -0.25) is 4.98 Å². The number of aryl methyl sites for hydroxylation is 1. The summed E-state index contributed by atoms with van der Waals surface area (Å²) in [5, 5.41) is 4.51. The number of likely N-dealkylation sites (N-methyl/N-ethyl adjacent to an activating group) is 1. The van der Waals surface area contributed by atoms with Crippen molar-refractivity contribution in [3.63, 3.8) is 0 Å². The molecule has 2 aromatic heterocycles. The predicted octanol–water partition coefficient (Wildman–Crippen LogP) is 4.38. The van der Waals surface area contributed by atoms with Crippen molar-refractivity contribution in [2.45, 2.75) is 6.92 Å². The van der Waals surface area contributed by atoms with Crippen molar-refractivity contribution in [2.24, 2.45) is 0 Å². The maximum absolute atomic E-state index is 6.10. The smallest absolute Gasteiger partial charge is 0.138 e. The van der Waals surface area contributed by atoms with E-state index in [9.17, 15) is 0 Å². The Hall–Kier alpha value is -2.59. The van der Waals surface area contributed by atoms with Crippen LogP contribution >= 0.6 is 0 Å². The molecular weight excluding hydrogens is 300 g/mol. The van der Waals surface area contributed by atoms with Crippen molar-refractivity contribution in [3.8, 4) is 5.75 Å². The maximum Gasteiger partial charge on any atom is 0.138 e. The van der Waals surface area contributed by atoms with Gasteiger partial charge in [-0.15, -0.1) is 0 Å². The summed E-state index contributed by atoms with van der Waals surface area (Å²) >= 11 is 0. The zero-order valence-electron chi connectivity index (χ0n) is 14.2. The van der Waals surface area contributed by atoms with E-state index in [0.29, 0.717) is 6.61 Å². The van der Waals surface area contributed by atoms with Gasteiger partial charge in [-0.25, -0.2) is 0 Å². The molecule has 0 aliphatic carbocycles. The predicted molar refractivity (Wildman–Crippen MR) is 97.8 cm³/mol. The van der Waals surface area contributed by atoms with E-state index in [2.05, 4.69) is 28.9 Å². The number of hydrogen-bond acceptors (Lipinski definition) is 4. The minimum atomic E-state index is 0.667. The summed E-state index contributed by atoms with van der Waals surface area (Å²) in [5.41, 5.74) is 2.97. The molecule has 0 fully saturated rings. The molecule has 24 heavy (non-hydrogen) atoms. The van der Waals surface area contributed by atoms with Gasteiger partial charge in [0, 0.05) is 40.7 Å². The van der Waals surface area contributed by atoms with E-state index >= 15 is 0 Å². The third-order valence-corrected chi connectivity index (χ3v) is 4.40. The van der Waals surface area contributed by atoms with Gasteiger partial charge in [0.1, 0.15) is 23.5 Å². The molecule has 0 unspecified atom stereocenters. The second kappa shape index (κ2) is 5.80. The molecule has 0 aliphatic rings. The molecule has 4 nitrogen and oxygen atoms in total. The summed E-state index contributed by atoms with van der Waals surface area (Å²) in [6.45, 7) is 3.65. The summed E-state index contributed by atoms with van der Waals surface area (Å²) in [7, 11) is 4.08. The molecule has 0 amide bonds. The highest BCUT2D eigenvalue weighted by atomic mass is 16.5. The van der Waals surface area contributed by atoms with E-state index in [1.165, 1.54) is 5.39 Å². The molecule has 122 valence electrons. The van der Waals surface area contributed by atoms with Crippen molar-refractivity contribution < 1.29 is 9.15 Å². The van der Waals surface area contributed by atoms with E-state index in [0.717, 1.165) is 45.2 Å². The van der Waals surface area contributed by atoms with Crippen molar-refractivity contribution in [2.75, 3.05) is 27.2 Å². The minimum absolute atomic E-state index is 0.667. The molecule has 0 aliphatic heterocycles. The van der Waals surface area contributed by atoms with Crippen LogP contribution in [-0.4, -0.2) is 37.1 Å². The highest BCUT2D eigenvalue weighted by Gasteiger charge is 2.13. The summed E-state index contributed by atoms with van der Waals surface area (Å²) in [6.07, 6.45) is 3.72. The number of benzene rings is 2. The van der Waals surface area contributed by atoms with Gasteiger partial charge < -0.3 is 14.1 Å². The van der Waals surface area contributed by atoms with Crippen LogP contribution in [0.15, 0.2) is 47.1 Å². The number of pyridine rings is 1. The molecule has 0 N–H and O–H groups in total. The number of rotatable bonds is 4. The van der Waals surface area contributed by atoms with E-state index in [-0.39, 0.29) is 0 Å². The largest absolute Gasteiger partial charge is 0.492 e. The Balaban J connectivity index is 1.85. The Morgan fingerprint density at radius 1 is 1.08 bits per heavy atom. The van der Waals surface area contributed by atoms with E-state index in [4.69, 9.17) is 9.15 Å². The fourth-order valence-electron chi connectivity index (χ4n) is 3.09. The first-order valence-electron chi connectivity index (χ1n) is 8.10. The Bertz CT molecular complexity index is 1030. The molecular formula is C20H20N2O2.